The molecule has 1 aromatic carbocycles. The molecule has 3 aromatic rings. The highest BCUT2D eigenvalue weighted by atomic mass is 19.1. The highest BCUT2D eigenvalue weighted by Gasteiger charge is 2.30. The molecule has 1 saturated heterocycles. The van der Waals surface area contributed by atoms with Gasteiger partial charge in [-0.15, -0.1) is 0 Å². The third kappa shape index (κ3) is 5.07. The Morgan fingerprint density at radius 2 is 1.97 bits per heavy atom. The zero-order valence-electron chi connectivity index (χ0n) is 16.7. The quantitative estimate of drug-likeness (QED) is 0.675. The Balaban J connectivity index is 1.45. The second-order valence-corrected chi connectivity index (χ2v) is 7.69. The van der Waals surface area contributed by atoms with Crippen molar-refractivity contribution in [2.45, 2.75) is 25.4 Å². The highest BCUT2D eigenvalue weighted by molar-refractivity contribution is 5.94. The van der Waals surface area contributed by atoms with E-state index in [0.29, 0.717) is 5.56 Å². The van der Waals surface area contributed by atoms with E-state index in [-0.39, 0.29) is 17.9 Å². The number of halogens is 1. The monoisotopic (exact) mass is 404 g/mol. The van der Waals surface area contributed by atoms with Gasteiger partial charge in [0.25, 0.3) is 5.91 Å². The van der Waals surface area contributed by atoms with Gasteiger partial charge in [0.15, 0.2) is 0 Å². The van der Waals surface area contributed by atoms with Crippen molar-refractivity contribution >= 4 is 5.91 Å². The molecule has 0 bridgehead atoms. The number of carbonyl (C=O) groups excluding carboxylic acids is 1. The summed E-state index contributed by atoms with van der Waals surface area (Å²) in [4.78, 5) is 23.9. The maximum Gasteiger partial charge on any atom is 0.251 e. The van der Waals surface area contributed by atoms with Gasteiger partial charge < -0.3 is 5.32 Å². The summed E-state index contributed by atoms with van der Waals surface area (Å²) in [6.45, 7) is 2.77. The van der Waals surface area contributed by atoms with E-state index in [9.17, 15) is 9.18 Å². The van der Waals surface area contributed by atoms with Gasteiger partial charge in [0.05, 0.1) is 11.7 Å². The van der Waals surface area contributed by atoms with E-state index in [1.807, 2.05) is 30.5 Å². The number of aromatic nitrogens is 2. The summed E-state index contributed by atoms with van der Waals surface area (Å²) in [6, 6.07) is 15.4. The Labute approximate surface area is 176 Å². The minimum atomic E-state index is -0.416. The third-order valence-corrected chi connectivity index (χ3v) is 5.61. The van der Waals surface area contributed by atoms with Crippen LogP contribution in [0.25, 0.3) is 0 Å². The lowest BCUT2D eigenvalue weighted by Crippen LogP contribution is -2.40. The number of benzene rings is 1. The number of hydrogen-bond donors (Lipinski definition) is 1. The zero-order valence-corrected chi connectivity index (χ0v) is 16.7. The molecular weight excluding hydrogens is 379 g/mol. The SMILES string of the molecule is O=C(N[C@H](c1ccccn1)C1CCN(Cc2cccnc2)CC1)c1cccc(F)c1. The molecule has 0 saturated carbocycles. The van der Waals surface area contributed by atoms with Crippen molar-refractivity contribution in [3.8, 4) is 0 Å². The normalized spacial score (nSPS) is 16.2. The van der Waals surface area contributed by atoms with Gasteiger partial charge >= 0.3 is 0 Å². The Morgan fingerprint density at radius 1 is 1.10 bits per heavy atom. The first-order valence-electron chi connectivity index (χ1n) is 10.3. The molecule has 4 rings (SSSR count). The van der Waals surface area contributed by atoms with Gasteiger partial charge in [-0.1, -0.05) is 18.2 Å². The van der Waals surface area contributed by atoms with Crippen LogP contribution in [0.15, 0.2) is 73.2 Å². The Morgan fingerprint density at radius 3 is 2.67 bits per heavy atom. The van der Waals surface area contributed by atoms with Crippen LogP contribution in [0.1, 0.15) is 40.5 Å². The van der Waals surface area contributed by atoms with E-state index in [2.05, 4.69) is 26.3 Å². The fourth-order valence-electron chi connectivity index (χ4n) is 4.04. The number of piperidine rings is 1. The highest BCUT2D eigenvalue weighted by Crippen LogP contribution is 2.30. The van der Waals surface area contributed by atoms with E-state index < -0.39 is 5.82 Å². The topological polar surface area (TPSA) is 58.1 Å². The average molecular weight is 404 g/mol. The van der Waals surface area contributed by atoms with Crippen LogP contribution < -0.4 is 5.32 Å². The second kappa shape index (κ2) is 9.59. The number of pyridine rings is 2. The molecule has 6 heteroatoms. The molecule has 3 heterocycles. The first kappa shape index (κ1) is 20.2. The Hall–Kier alpha value is -3.12. The molecule has 0 unspecified atom stereocenters. The number of carbonyl (C=O) groups is 1. The largest absolute Gasteiger partial charge is 0.343 e. The fourth-order valence-corrected chi connectivity index (χ4v) is 4.04. The molecule has 0 radical (unpaired) electrons. The van der Waals surface area contributed by atoms with Crippen molar-refractivity contribution in [3.05, 3.63) is 95.8 Å². The van der Waals surface area contributed by atoms with E-state index in [4.69, 9.17) is 0 Å². The van der Waals surface area contributed by atoms with Crippen LogP contribution >= 0.6 is 0 Å². The molecule has 2 aromatic heterocycles. The summed E-state index contributed by atoms with van der Waals surface area (Å²) in [5.74, 6) is -0.425. The van der Waals surface area contributed by atoms with Crippen molar-refractivity contribution < 1.29 is 9.18 Å². The van der Waals surface area contributed by atoms with Crippen LogP contribution in [-0.2, 0) is 6.54 Å². The summed E-state index contributed by atoms with van der Waals surface area (Å²) in [7, 11) is 0. The lowest BCUT2D eigenvalue weighted by molar-refractivity contribution is 0.0888. The lowest BCUT2D eigenvalue weighted by atomic mass is 9.87. The number of rotatable bonds is 6. The zero-order chi connectivity index (χ0) is 20.8. The maximum absolute atomic E-state index is 13.6. The smallest absolute Gasteiger partial charge is 0.251 e. The Kier molecular flexibility index (Phi) is 6.44. The summed E-state index contributed by atoms with van der Waals surface area (Å²) in [5, 5.41) is 3.11. The number of amides is 1. The molecule has 1 atom stereocenters. The third-order valence-electron chi connectivity index (χ3n) is 5.61. The summed E-state index contributed by atoms with van der Waals surface area (Å²) >= 11 is 0. The van der Waals surface area contributed by atoms with Crippen LogP contribution in [0.3, 0.4) is 0 Å². The van der Waals surface area contributed by atoms with E-state index >= 15 is 0 Å². The molecule has 5 nitrogen and oxygen atoms in total. The van der Waals surface area contributed by atoms with E-state index in [0.717, 1.165) is 38.2 Å². The molecule has 30 heavy (non-hydrogen) atoms. The van der Waals surface area contributed by atoms with Gasteiger partial charge in [-0.2, -0.15) is 0 Å². The van der Waals surface area contributed by atoms with Crippen LogP contribution in [0, 0.1) is 11.7 Å². The maximum atomic E-state index is 13.6. The van der Waals surface area contributed by atoms with Crippen molar-refractivity contribution in [1.29, 1.82) is 0 Å². The minimum Gasteiger partial charge on any atom is -0.343 e. The fraction of sp³-hybridized carbons (Fsp3) is 0.292. The molecular formula is C24H25FN4O. The second-order valence-electron chi connectivity index (χ2n) is 7.69. The lowest BCUT2D eigenvalue weighted by Gasteiger charge is -2.36. The molecule has 0 aliphatic carbocycles. The van der Waals surface area contributed by atoms with Crippen LogP contribution in [-0.4, -0.2) is 33.9 Å². The summed E-state index contributed by atoms with van der Waals surface area (Å²) < 4.78 is 13.6. The molecule has 0 spiro atoms. The summed E-state index contributed by atoms with van der Waals surface area (Å²) in [6.07, 6.45) is 7.33. The van der Waals surface area contributed by atoms with Gasteiger partial charge in [-0.3, -0.25) is 19.7 Å². The standard InChI is InChI=1S/C24H25FN4O/c25-21-7-3-6-20(15-21)24(30)28-23(22-8-1-2-12-27-22)19-9-13-29(14-10-19)17-18-5-4-11-26-16-18/h1-8,11-12,15-16,19,23H,9-10,13-14,17H2,(H,28,30)/t23-/m0/s1. The van der Waals surface area contributed by atoms with Crippen LogP contribution in [0.5, 0.6) is 0 Å². The number of nitrogens with zero attached hydrogens (tertiary/aromatic N) is 3. The molecule has 1 aliphatic rings. The average Bonchev–Trinajstić information content (AvgIpc) is 2.79. The van der Waals surface area contributed by atoms with Crippen molar-refractivity contribution in [2.75, 3.05) is 13.1 Å². The van der Waals surface area contributed by atoms with Crippen molar-refractivity contribution in [3.63, 3.8) is 0 Å². The predicted molar refractivity (Wildman–Crippen MR) is 113 cm³/mol. The molecule has 1 aliphatic heterocycles. The van der Waals surface area contributed by atoms with Gasteiger partial charge in [-0.25, -0.2) is 4.39 Å². The molecule has 1 N–H and O–H groups in total. The predicted octanol–water partition coefficient (Wildman–Crippen LogP) is 4.00. The van der Waals surface area contributed by atoms with Gasteiger partial charge in [-0.05, 0) is 73.8 Å². The van der Waals surface area contributed by atoms with Gasteiger partial charge in [0.1, 0.15) is 5.82 Å². The van der Waals surface area contributed by atoms with Crippen molar-refractivity contribution in [2.24, 2.45) is 5.92 Å². The first-order valence-corrected chi connectivity index (χ1v) is 10.3. The van der Waals surface area contributed by atoms with Crippen LogP contribution in [0.4, 0.5) is 4.39 Å². The van der Waals surface area contributed by atoms with Crippen molar-refractivity contribution in [1.82, 2.24) is 20.2 Å². The molecule has 1 amide bonds. The van der Waals surface area contributed by atoms with Gasteiger partial charge in [0.2, 0.25) is 0 Å². The van der Waals surface area contributed by atoms with E-state index in [1.165, 1.54) is 17.7 Å². The molecule has 1 fully saturated rings. The Bertz CT molecular complexity index is 959. The van der Waals surface area contributed by atoms with Gasteiger partial charge in [0, 0.05) is 30.7 Å². The number of hydrogen-bond acceptors (Lipinski definition) is 4. The first-order chi connectivity index (χ1) is 14.7. The summed E-state index contributed by atoms with van der Waals surface area (Å²) in [5.41, 5.74) is 2.37. The number of likely N-dealkylation sites (tertiary alicyclic amines) is 1. The van der Waals surface area contributed by atoms with Crippen LogP contribution in [0.2, 0.25) is 0 Å². The number of nitrogens with one attached hydrogen (secondary N) is 1. The minimum absolute atomic E-state index is 0.206. The molecule has 154 valence electrons. The van der Waals surface area contributed by atoms with E-state index in [1.54, 1.807) is 24.5 Å².